The van der Waals surface area contributed by atoms with Crippen molar-refractivity contribution in [2.75, 3.05) is 11.9 Å². The van der Waals surface area contributed by atoms with Crippen LogP contribution in [0.3, 0.4) is 0 Å². The lowest BCUT2D eigenvalue weighted by Gasteiger charge is -2.21. The third kappa shape index (κ3) is 4.60. The van der Waals surface area contributed by atoms with Crippen LogP contribution in [-0.2, 0) is 9.59 Å². The number of urea groups is 1. The SMILES string of the molecule is CN(C(=O)NC(CCC(=O)O)C(=O)O)c1ccccc1. The van der Waals surface area contributed by atoms with E-state index in [1.54, 1.807) is 30.3 Å². The highest BCUT2D eigenvalue weighted by Crippen LogP contribution is 2.11. The van der Waals surface area contributed by atoms with Gasteiger partial charge >= 0.3 is 18.0 Å². The minimum absolute atomic E-state index is 0.168. The summed E-state index contributed by atoms with van der Waals surface area (Å²) in [6, 6.07) is 6.86. The first kappa shape index (κ1) is 15.5. The van der Waals surface area contributed by atoms with Crippen molar-refractivity contribution in [2.45, 2.75) is 18.9 Å². The Kier molecular flexibility index (Phi) is 5.52. The second-order valence-corrected chi connectivity index (χ2v) is 4.17. The topological polar surface area (TPSA) is 107 Å². The Hall–Kier alpha value is -2.57. The van der Waals surface area contributed by atoms with Gasteiger partial charge in [0, 0.05) is 19.2 Å². The van der Waals surface area contributed by atoms with Crippen molar-refractivity contribution >= 4 is 23.7 Å². The lowest BCUT2D eigenvalue weighted by atomic mass is 10.1. The van der Waals surface area contributed by atoms with E-state index in [-0.39, 0.29) is 12.8 Å². The molecule has 0 aliphatic carbocycles. The fourth-order valence-electron chi connectivity index (χ4n) is 1.54. The third-order valence-electron chi connectivity index (χ3n) is 2.69. The molecular formula is C13H16N2O5. The molecule has 2 amide bonds. The number of para-hydroxylation sites is 1. The maximum atomic E-state index is 11.9. The number of carboxylic acids is 2. The minimum atomic E-state index is -1.26. The summed E-state index contributed by atoms with van der Waals surface area (Å²) in [6.07, 6.45) is -0.495. The van der Waals surface area contributed by atoms with Crippen LogP contribution in [0.25, 0.3) is 0 Å². The molecule has 0 radical (unpaired) electrons. The number of anilines is 1. The van der Waals surface area contributed by atoms with Gasteiger partial charge in [-0.1, -0.05) is 18.2 Å². The van der Waals surface area contributed by atoms with Crippen LogP contribution >= 0.6 is 0 Å². The zero-order valence-corrected chi connectivity index (χ0v) is 10.9. The molecule has 0 saturated carbocycles. The predicted octanol–water partition coefficient (Wildman–Crippen LogP) is 1.15. The van der Waals surface area contributed by atoms with E-state index >= 15 is 0 Å². The average Bonchev–Trinajstić information content (AvgIpc) is 2.42. The molecule has 1 atom stereocenters. The second kappa shape index (κ2) is 7.13. The maximum Gasteiger partial charge on any atom is 0.326 e. The van der Waals surface area contributed by atoms with Crippen molar-refractivity contribution in [1.82, 2.24) is 5.32 Å². The van der Waals surface area contributed by atoms with Crippen LogP contribution in [0.5, 0.6) is 0 Å². The molecule has 7 nitrogen and oxygen atoms in total. The first-order valence-electron chi connectivity index (χ1n) is 5.95. The van der Waals surface area contributed by atoms with E-state index in [9.17, 15) is 14.4 Å². The number of aliphatic carboxylic acids is 2. The van der Waals surface area contributed by atoms with Crippen molar-refractivity contribution in [2.24, 2.45) is 0 Å². The lowest BCUT2D eigenvalue weighted by molar-refractivity contribution is -0.140. The van der Waals surface area contributed by atoms with Crippen molar-refractivity contribution in [3.8, 4) is 0 Å². The molecule has 0 aliphatic heterocycles. The van der Waals surface area contributed by atoms with E-state index < -0.39 is 24.0 Å². The summed E-state index contributed by atoms with van der Waals surface area (Å²) in [4.78, 5) is 34.6. The van der Waals surface area contributed by atoms with Gasteiger partial charge in [0.15, 0.2) is 0 Å². The van der Waals surface area contributed by atoms with Crippen molar-refractivity contribution in [3.05, 3.63) is 30.3 Å². The fourth-order valence-corrected chi connectivity index (χ4v) is 1.54. The molecule has 0 spiro atoms. The van der Waals surface area contributed by atoms with Gasteiger partial charge in [-0.15, -0.1) is 0 Å². The van der Waals surface area contributed by atoms with Crippen LogP contribution in [0, 0.1) is 0 Å². The van der Waals surface area contributed by atoms with Crippen molar-refractivity contribution in [1.29, 1.82) is 0 Å². The molecule has 0 saturated heterocycles. The number of hydrogen-bond acceptors (Lipinski definition) is 3. The van der Waals surface area contributed by atoms with Crippen molar-refractivity contribution < 1.29 is 24.6 Å². The predicted molar refractivity (Wildman–Crippen MR) is 71.7 cm³/mol. The van der Waals surface area contributed by atoms with Gasteiger partial charge in [-0.25, -0.2) is 9.59 Å². The van der Waals surface area contributed by atoms with Gasteiger partial charge in [0.1, 0.15) is 6.04 Å². The Morgan fingerprint density at radius 2 is 1.80 bits per heavy atom. The third-order valence-corrected chi connectivity index (χ3v) is 2.69. The van der Waals surface area contributed by atoms with Crippen LogP contribution in [0.1, 0.15) is 12.8 Å². The molecule has 1 unspecified atom stereocenters. The van der Waals surface area contributed by atoms with E-state index in [0.717, 1.165) is 0 Å². The Morgan fingerprint density at radius 3 is 2.30 bits per heavy atom. The summed E-state index contributed by atoms with van der Waals surface area (Å²) in [6.45, 7) is 0. The van der Waals surface area contributed by atoms with Gasteiger partial charge in [0.2, 0.25) is 0 Å². The van der Waals surface area contributed by atoms with E-state index in [2.05, 4.69) is 5.32 Å². The normalized spacial score (nSPS) is 11.4. The number of nitrogens with one attached hydrogen (secondary N) is 1. The molecule has 3 N–H and O–H groups in total. The number of benzene rings is 1. The molecule has 1 aromatic carbocycles. The number of carboxylic acid groups (broad SMARTS) is 2. The molecule has 0 fully saturated rings. The number of rotatable bonds is 6. The Labute approximate surface area is 115 Å². The molecule has 0 bridgehead atoms. The van der Waals surface area contributed by atoms with Crippen LogP contribution in [0.15, 0.2) is 30.3 Å². The summed E-state index contributed by atoms with van der Waals surface area (Å²) >= 11 is 0. The number of nitrogens with zero attached hydrogens (tertiary/aromatic N) is 1. The molecule has 7 heteroatoms. The summed E-state index contributed by atoms with van der Waals surface area (Å²) in [5, 5.41) is 19.8. The average molecular weight is 280 g/mol. The van der Waals surface area contributed by atoms with Crippen LogP contribution in [0.2, 0.25) is 0 Å². The molecule has 0 aliphatic rings. The minimum Gasteiger partial charge on any atom is -0.481 e. The van der Waals surface area contributed by atoms with Gasteiger partial charge in [-0.2, -0.15) is 0 Å². The fraction of sp³-hybridized carbons (Fsp3) is 0.308. The summed E-state index contributed by atoms with van der Waals surface area (Å²) < 4.78 is 0. The van der Waals surface area contributed by atoms with E-state index in [1.165, 1.54) is 11.9 Å². The smallest absolute Gasteiger partial charge is 0.326 e. The zero-order chi connectivity index (χ0) is 15.1. The molecule has 108 valence electrons. The molecule has 20 heavy (non-hydrogen) atoms. The summed E-state index contributed by atoms with van der Waals surface area (Å²) in [5.74, 6) is -2.37. The first-order valence-corrected chi connectivity index (χ1v) is 5.95. The largest absolute Gasteiger partial charge is 0.481 e. The maximum absolute atomic E-state index is 11.9. The molecule has 0 aromatic heterocycles. The van der Waals surface area contributed by atoms with Crippen LogP contribution in [-0.4, -0.2) is 41.3 Å². The Morgan fingerprint density at radius 1 is 1.20 bits per heavy atom. The summed E-state index contributed by atoms with van der Waals surface area (Å²) in [7, 11) is 1.50. The standard InChI is InChI=1S/C13H16N2O5/c1-15(9-5-3-2-4-6-9)13(20)14-10(12(18)19)7-8-11(16)17/h2-6,10H,7-8H2,1H3,(H,14,20)(H,16,17)(H,18,19). The van der Waals surface area contributed by atoms with Gasteiger partial charge in [-0.3, -0.25) is 9.69 Å². The molecule has 0 heterocycles. The number of carbonyl (C=O) groups excluding carboxylic acids is 1. The van der Waals surface area contributed by atoms with Crippen LogP contribution in [0.4, 0.5) is 10.5 Å². The number of hydrogen-bond donors (Lipinski definition) is 3. The Balaban J connectivity index is 2.66. The van der Waals surface area contributed by atoms with Crippen LogP contribution < -0.4 is 10.2 Å². The monoisotopic (exact) mass is 280 g/mol. The van der Waals surface area contributed by atoms with Gasteiger partial charge in [0.25, 0.3) is 0 Å². The highest BCUT2D eigenvalue weighted by molar-refractivity contribution is 5.94. The van der Waals surface area contributed by atoms with E-state index in [1.807, 2.05) is 0 Å². The van der Waals surface area contributed by atoms with Gasteiger partial charge in [-0.05, 0) is 18.6 Å². The van der Waals surface area contributed by atoms with Gasteiger partial charge in [0.05, 0.1) is 0 Å². The number of carbonyl (C=O) groups is 3. The highest BCUT2D eigenvalue weighted by Gasteiger charge is 2.22. The molecule has 1 rings (SSSR count). The highest BCUT2D eigenvalue weighted by atomic mass is 16.4. The first-order chi connectivity index (χ1) is 9.41. The second-order valence-electron chi connectivity index (χ2n) is 4.17. The molecule has 1 aromatic rings. The number of amides is 2. The van der Waals surface area contributed by atoms with E-state index in [4.69, 9.17) is 10.2 Å². The van der Waals surface area contributed by atoms with Crippen molar-refractivity contribution in [3.63, 3.8) is 0 Å². The van der Waals surface area contributed by atoms with Gasteiger partial charge < -0.3 is 15.5 Å². The Bertz CT molecular complexity index is 489. The molecular weight excluding hydrogens is 264 g/mol. The van der Waals surface area contributed by atoms with E-state index in [0.29, 0.717) is 5.69 Å². The quantitative estimate of drug-likeness (QED) is 0.724. The lowest BCUT2D eigenvalue weighted by Crippen LogP contribution is -2.47. The summed E-state index contributed by atoms with van der Waals surface area (Å²) in [5.41, 5.74) is 0.604. The zero-order valence-electron chi connectivity index (χ0n) is 10.9.